The van der Waals surface area contributed by atoms with Crippen molar-refractivity contribution in [2.45, 2.75) is 96.4 Å². The normalized spacial score (nSPS) is 11.0. The lowest BCUT2D eigenvalue weighted by Gasteiger charge is -2.03. The van der Waals surface area contributed by atoms with Crippen LogP contribution in [0.5, 0.6) is 0 Å². The van der Waals surface area contributed by atoms with Gasteiger partial charge in [-0.3, -0.25) is 0 Å². The summed E-state index contributed by atoms with van der Waals surface area (Å²) in [7, 11) is 0. The standard InChI is InChI=1S/C21H37BrN/c22-18-14-11-9-7-5-3-1-2-4-6-8-10-12-15-19-23-20-16-13-17-21-23/h13,16-17,20-21H,1-12,14-15,18-19H2/q+1. The van der Waals surface area contributed by atoms with Gasteiger partial charge in [0.05, 0.1) is 0 Å². The number of pyridine rings is 1. The molecule has 0 saturated heterocycles. The number of hydrogen-bond acceptors (Lipinski definition) is 0. The van der Waals surface area contributed by atoms with E-state index in [0.717, 1.165) is 0 Å². The number of hydrogen-bond donors (Lipinski definition) is 0. The number of aromatic nitrogens is 1. The molecule has 0 aliphatic carbocycles. The van der Waals surface area contributed by atoms with Gasteiger partial charge in [0, 0.05) is 23.9 Å². The van der Waals surface area contributed by atoms with Crippen LogP contribution < -0.4 is 4.57 Å². The predicted molar refractivity (Wildman–Crippen MR) is 105 cm³/mol. The zero-order valence-corrected chi connectivity index (χ0v) is 16.6. The SMILES string of the molecule is BrCCCCCCCCCCCCCCCC[n+]1ccccc1. The zero-order chi connectivity index (χ0) is 16.4. The van der Waals surface area contributed by atoms with Gasteiger partial charge in [0.25, 0.3) is 0 Å². The van der Waals surface area contributed by atoms with Crippen molar-refractivity contribution < 1.29 is 4.57 Å². The number of rotatable bonds is 16. The lowest BCUT2D eigenvalue weighted by molar-refractivity contribution is -0.697. The van der Waals surface area contributed by atoms with E-state index in [1.807, 2.05) is 0 Å². The van der Waals surface area contributed by atoms with E-state index in [0.29, 0.717) is 0 Å². The minimum atomic E-state index is 1.18. The Hall–Kier alpha value is -0.370. The summed E-state index contributed by atoms with van der Waals surface area (Å²) in [4.78, 5) is 0. The molecule has 0 radical (unpaired) electrons. The largest absolute Gasteiger partial charge is 0.205 e. The van der Waals surface area contributed by atoms with Gasteiger partial charge < -0.3 is 0 Å². The van der Waals surface area contributed by atoms with Gasteiger partial charge in [-0.25, -0.2) is 4.57 Å². The molecule has 1 nitrogen and oxygen atoms in total. The highest BCUT2D eigenvalue weighted by atomic mass is 79.9. The summed E-state index contributed by atoms with van der Waals surface area (Å²) >= 11 is 3.50. The molecule has 0 aromatic carbocycles. The van der Waals surface area contributed by atoms with E-state index in [1.54, 1.807) is 0 Å². The molecule has 1 rings (SSSR count). The molecule has 1 aromatic rings. The molecule has 132 valence electrons. The molecular formula is C21H37BrN+. The van der Waals surface area contributed by atoms with Gasteiger partial charge in [-0.1, -0.05) is 92.6 Å². The van der Waals surface area contributed by atoms with Crippen LogP contribution in [0, 0.1) is 0 Å². The highest BCUT2D eigenvalue weighted by Gasteiger charge is 1.98. The Kier molecular flexibility index (Phi) is 14.8. The zero-order valence-electron chi connectivity index (χ0n) is 15.0. The van der Waals surface area contributed by atoms with Crippen LogP contribution in [0.15, 0.2) is 30.6 Å². The first-order valence-electron chi connectivity index (χ1n) is 9.93. The quantitative estimate of drug-likeness (QED) is 0.167. The second kappa shape index (κ2) is 16.5. The van der Waals surface area contributed by atoms with E-state index in [-0.39, 0.29) is 0 Å². The molecule has 0 aliphatic rings. The second-order valence-corrected chi connectivity index (χ2v) is 7.55. The molecule has 0 bridgehead atoms. The number of nitrogens with zero attached hydrogens (tertiary/aromatic N) is 1. The molecule has 1 heterocycles. The summed E-state index contributed by atoms with van der Waals surface area (Å²) < 4.78 is 2.29. The number of unbranched alkanes of at least 4 members (excludes halogenated alkanes) is 13. The summed E-state index contributed by atoms with van der Waals surface area (Å²) in [6.07, 6.45) is 24.3. The van der Waals surface area contributed by atoms with Crippen molar-refractivity contribution in [3.63, 3.8) is 0 Å². The molecule has 0 amide bonds. The Bertz CT molecular complexity index is 339. The van der Waals surface area contributed by atoms with E-state index in [4.69, 9.17) is 0 Å². The van der Waals surface area contributed by atoms with Gasteiger partial charge in [-0.05, 0) is 12.8 Å². The van der Waals surface area contributed by atoms with Gasteiger partial charge in [-0.15, -0.1) is 0 Å². The van der Waals surface area contributed by atoms with E-state index >= 15 is 0 Å². The second-order valence-electron chi connectivity index (χ2n) is 6.75. The van der Waals surface area contributed by atoms with Crippen LogP contribution in [0.25, 0.3) is 0 Å². The average molecular weight is 383 g/mol. The highest BCUT2D eigenvalue weighted by Crippen LogP contribution is 2.13. The first kappa shape index (κ1) is 20.7. The molecule has 1 aromatic heterocycles. The molecule has 2 heteroatoms. The van der Waals surface area contributed by atoms with Crippen molar-refractivity contribution in [3.05, 3.63) is 30.6 Å². The maximum absolute atomic E-state index is 3.50. The Labute approximate surface area is 153 Å². The lowest BCUT2D eigenvalue weighted by atomic mass is 10.0. The first-order chi connectivity index (χ1) is 11.4. The van der Waals surface area contributed by atoms with E-state index < -0.39 is 0 Å². The van der Waals surface area contributed by atoms with Crippen LogP contribution in [0.3, 0.4) is 0 Å². The summed E-state index contributed by atoms with van der Waals surface area (Å²) in [5, 5.41) is 1.18. The van der Waals surface area contributed by atoms with E-state index in [1.165, 1.54) is 102 Å². The third-order valence-electron chi connectivity index (χ3n) is 4.58. The molecule has 23 heavy (non-hydrogen) atoms. The molecule has 0 saturated carbocycles. The third-order valence-corrected chi connectivity index (χ3v) is 5.14. The molecule has 0 fully saturated rings. The molecule has 0 unspecified atom stereocenters. The minimum Gasteiger partial charge on any atom is -0.205 e. The van der Waals surface area contributed by atoms with Crippen LogP contribution in [0.1, 0.15) is 89.9 Å². The lowest BCUT2D eigenvalue weighted by Crippen LogP contribution is -2.32. The fraction of sp³-hybridized carbons (Fsp3) is 0.762. The summed E-state index contributed by atoms with van der Waals surface area (Å²) in [5.74, 6) is 0. The van der Waals surface area contributed by atoms with Gasteiger partial charge >= 0.3 is 0 Å². The molecular weight excluding hydrogens is 346 g/mol. The van der Waals surface area contributed by atoms with E-state index in [9.17, 15) is 0 Å². The van der Waals surface area contributed by atoms with Gasteiger partial charge in [0.15, 0.2) is 12.4 Å². The number of aryl methyl sites for hydroxylation is 1. The van der Waals surface area contributed by atoms with Crippen LogP contribution >= 0.6 is 15.9 Å². The van der Waals surface area contributed by atoms with Crippen LogP contribution in [-0.4, -0.2) is 5.33 Å². The molecule has 0 atom stereocenters. The first-order valence-corrected chi connectivity index (χ1v) is 11.1. The van der Waals surface area contributed by atoms with Crippen molar-refractivity contribution >= 4 is 15.9 Å². The monoisotopic (exact) mass is 382 g/mol. The van der Waals surface area contributed by atoms with Crippen LogP contribution in [-0.2, 0) is 6.54 Å². The van der Waals surface area contributed by atoms with Crippen molar-refractivity contribution in [1.82, 2.24) is 0 Å². The van der Waals surface area contributed by atoms with Crippen molar-refractivity contribution in [2.24, 2.45) is 0 Å². The molecule has 0 aliphatic heterocycles. The Morgan fingerprint density at radius 3 is 1.30 bits per heavy atom. The smallest absolute Gasteiger partial charge is 0.168 e. The number of alkyl halides is 1. The Morgan fingerprint density at radius 1 is 0.478 bits per heavy atom. The summed E-state index contributed by atoms with van der Waals surface area (Å²) in [6.45, 7) is 1.18. The van der Waals surface area contributed by atoms with Crippen LogP contribution in [0.4, 0.5) is 0 Å². The minimum absolute atomic E-state index is 1.18. The summed E-state index contributed by atoms with van der Waals surface area (Å²) in [6, 6.07) is 6.31. The number of halogens is 1. The molecule has 0 N–H and O–H groups in total. The maximum atomic E-state index is 3.50. The fourth-order valence-electron chi connectivity index (χ4n) is 3.09. The van der Waals surface area contributed by atoms with Gasteiger partial charge in [0.1, 0.15) is 6.54 Å². The predicted octanol–water partition coefficient (Wildman–Crippen LogP) is 6.83. The fourth-order valence-corrected chi connectivity index (χ4v) is 3.49. The third kappa shape index (κ3) is 13.7. The van der Waals surface area contributed by atoms with Crippen molar-refractivity contribution in [1.29, 1.82) is 0 Å². The van der Waals surface area contributed by atoms with E-state index in [2.05, 4.69) is 51.1 Å². The van der Waals surface area contributed by atoms with Gasteiger partial charge in [0.2, 0.25) is 0 Å². The average Bonchev–Trinajstić information content (AvgIpc) is 2.59. The molecule has 0 spiro atoms. The Morgan fingerprint density at radius 2 is 0.870 bits per heavy atom. The van der Waals surface area contributed by atoms with Crippen molar-refractivity contribution in [2.75, 3.05) is 5.33 Å². The maximum Gasteiger partial charge on any atom is 0.168 e. The van der Waals surface area contributed by atoms with Crippen LogP contribution in [0.2, 0.25) is 0 Å². The Balaban J connectivity index is 1.72. The topological polar surface area (TPSA) is 3.88 Å². The highest BCUT2D eigenvalue weighted by molar-refractivity contribution is 9.09. The van der Waals surface area contributed by atoms with Gasteiger partial charge in [-0.2, -0.15) is 0 Å². The summed E-state index contributed by atoms with van der Waals surface area (Å²) in [5.41, 5.74) is 0. The van der Waals surface area contributed by atoms with Crippen molar-refractivity contribution in [3.8, 4) is 0 Å².